The van der Waals surface area contributed by atoms with Gasteiger partial charge in [0, 0.05) is 0 Å². The van der Waals surface area contributed by atoms with E-state index in [1.807, 2.05) is 0 Å². The smallest absolute Gasteiger partial charge is 0.119 e. The molecule has 1 aromatic rings. The minimum Gasteiger partial charge on any atom is -0.493 e. The first-order chi connectivity index (χ1) is 6.37. The Morgan fingerprint density at radius 3 is 1.93 bits per heavy atom. The molecule has 0 N–H and O–H groups in total. The summed E-state index contributed by atoms with van der Waals surface area (Å²) in [5, 5.41) is 0. The molecule has 78 valence electrons. The molecule has 1 heteroatoms. The van der Waals surface area contributed by atoms with Crippen LogP contribution in [0.1, 0.15) is 31.9 Å². The zero-order chi connectivity index (χ0) is 10.8. The maximum absolute atomic E-state index is 5.73. The van der Waals surface area contributed by atoms with Gasteiger partial charge in [-0.05, 0) is 42.5 Å². The lowest BCUT2D eigenvalue weighted by molar-refractivity contribution is 0.197. The minimum atomic E-state index is 0.220. The van der Waals surface area contributed by atoms with Crippen molar-refractivity contribution >= 4 is 0 Å². The van der Waals surface area contributed by atoms with Crippen LogP contribution in [0, 0.1) is 19.3 Å². The van der Waals surface area contributed by atoms with Crippen LogP contribution in [0.15, 0.2) is 18.2 Å². The highest BCUT2D eigenvalue weighted by Crippen LogP contribution is 2.20. The van der Waals surface area contributed by atoms with Gasteiger partial charge >= 0.3 is 0 Å². The second-order valence-corrected chi connectivity index (χ2v) is 5.17. The third-order valence-corrected chi connectivity index (χ3v) is 1.87. The van der Waals surface area contributed by atoms with Crippen LogP contribution in [0.25, 0.3) is 0 Å². The van der Waals surface area contributed by atoms with E-state index in [9.17, 15) is 0 Å². The maximum atomic E-state index is 5.73. The van der Waals surface area contributed by atoms with Crippen molar-refractivity contribution in [3.05, 3.63) is 29.3 Å². The maximum Gasteiger partial charge on any atom is 0.119 e. The van der Waals surface area contributed by atoms with Gasteiger partial charge in [0.25, 0.3) is 0 Å². The average Bonchev–Trinajstić information content (AvgIpc) is 1.97. The summed E-state index contributed by atoms with van der Waals surface area (Å²) < 4.78 is 5.73. The number of ether oxygens (including phenoxy) is 1. The summed E-state index contributed by atoms with van der Waals surface area (Å²) >= 11 is 0. The van der Waals surface area contributed by atoms with Gasteiger partial charge in [-0.1, -0.05) is 26.8 Å². The van der Waals surface area contributed by atoms with E-state index in [0.29, 0.717) is 0 Å². The van der Waals surface area contributed by atoms with Gasteiger partial charge < -0.3 is 4.74 Å². The van der Waals surface area contributed by atoms with Gasteiger partial charge in [-0.15, -0.1) is 0 Å². The van der Waals surface area contributed by atoms with E-state index in [2.05, 4.69) is 52.8 Å². The topological polar surface area (TPSA) is 9.23 Å². The van der Waals surface area contributed by atoms with Crippen LogP contribution in [0.5, 0.6) is 5.75 Å². The van der Waals surface area contributed by atoms with Gasteiger partial charge in [-0.25, -0.2) is 0 Å². The highest BCUT2D eigenvalue weighted by atomic mass is 16.5. The summed E-state index contributed by atoms with van der Waals surface area (Å²) in [6, 6.07) is 6.32. The molecule has 0 heterocycles. The molecule has 0 saturated heterocycles. The average molecular weight is 192 g/mol. The molecule has 14 heavy (non-hydrogen) atoms. The highest BCUT2D eigenvalue weighted by molar-refractivity contribution is 5.32. The Bertz CT molecular complexity index is 287. The van der Waals surface area contributed by atoms with Crippen molar-refractivity contribution in [2.24, 2.45) is 5.41 Å². The lowest BCUT2D eigenvalue weighted by atomic mass is 9.99. The van der Waals surface area contributed by atoms with E-state index >= 15 is 0 Å². The SMILES string of the molecule is Cc1cc(C)cc(OCC(C)(C)C)c1. The van der Waals surface area contributed by atoms with Gasteiger partial charge in [-0.3, -0.25) is 0 Å². The van der Waals surface area contributed by atoms with Gasteiger partial charge in [0.2, 0.25) is 0 Å². The quantitative estimate of drug-likeness (QED) is 0.693. The molecular weight excluding hydrogens is 172 g/mol. The molecule has 1 nitrogen and oxygen atoms in total. The molecule has 0 unspecified atom stereocenters. The van der Waals surface area contributed by atoms with Crippen LogP contribution < -0.4 is 4.74 Å². The second kappa shape index (κ2) is 4.04. The Labute approximate surface area is 87.1 Å². The number of rotatable bonds is 2. The van der Waals surface area contributed by atoms with Crippen LogP contribution in [0.4, 0.5) is 0 Å². The number of hydrogen-bond donors (Lipinski definition) is 0. The normalized spacial score (nSPS) is 11.5. The fourth-order valence-corrected chi connectivity index (χ4v) is 1.32. The largest absolute Gasteiger partial charge is 0.493 e. The van der Waals surface area contributed by atoms with Crippen LogP contribution in [0.3, 0.4) is 0 Å². The molecule has 0 amide bonds. The van der Waals surface area contributed by atoms with E-state index < -0.39 is 0 Å². The third-order valence-electron chi connectivity index (χ3n) is 1.87. The summed E-state index contributed by atoms with van der Waals surface area (Å²) in [7, 11) is 0. The van der Waals surface area contributed by atoms with Crippen molar-refractivity contribution in [1.82, 2.24) is 0 Å². The van der Waals surface area contributed by atoms with Crippen molar-refractivity contribution in [2.75, 3.05) is 6.61 Å². The van der Waals surface area contributed by atoms with Crippen molar-refractivity contribution in [3.63, 3.8) is 0 Å². The van der Waals surface area contributed by atoms with Gasteiger partial charge in [0.15, 0.2) is 0 Å². The Kier molecular flexibility index (Phi) is 3.20. The predicted molar refractivity (Wildman–Crippen MR) is 60.9 cm³/mol. The molecule has 0 aliphatic carbocycles. The highest BCUT2D eigenvalue weighted by Gasteiger charge is 2.11. The number of hydrogen-bond acceptors (Lipinski definition) is 1. The molecule has 0 radical (unpaired) electrons. The van der Waals surface area contributed by atoms with Crippen molar-refractivity contribution in [2.45, 2.75) is 34.6 Å². The van der Waals surface area contributed by atoms with E-state index in [1.54, 1.807) is 0 Å². The van der Waals surface area contributed by atoms with E-state index in [0.717, 1.165) is 12.4 Å². The fraction of sp³-hybridized carbons (Fsp3) is 0.538. The molecule has 0 fully saturated rings. The summed E-state index contributed by atoms with van der Waals surface area (Å²) in [5.74, 6) is 0.984. The summed E-state index contributed by atoms with van der Waals surface area (Å²) in [5.41, 5.74) is 2.74. The molecule has 0 aromatic heterocycles. The first kappa shape index (κ1) is 11.1. The first-order valence-corrected chi connectivity index (χ1v) is 5.08. The molecule has 0 bridgehead atoms. The second-order valence-electron chi connectivity index (χ2n) is 5.17. The molecular formula is C13H20O. The molecule has 0 atom stereocenters. The van der Waals surface area contributed by atoms with Gasteiger partial charge in [0.05, 0.1) is 6.61 Å². The van der Waals surface area contributed by atoms with Crippen molar-refractivity contribution in [1.29, 1.82) is 0 Å². The fourth-order valence-electron chi connectivity index (χ4n) is 1.32. The number of benzene rings is 1. The Balaban J connectivity index is 2.68. The lowest BCUT2D eigenvalue weighted by Crippen LogP contribution is -2.16. The van der Waals surface area contributed by atoms with Crippen LogP contribution in [-0.4, -0.2) is 6.61 Å². The molecule has 1 aromatic carbocycles. The molecule has 0 saturated carbocycles. The summed E-state index contributed by atoms with van der Waals surface area (Å²) in [4.78, 5) is 0. The Hall–Kier alpha value is -0.980. The monoisotopic (exact) mass is 192 g/mol. The van der Waals surface area contributed by atoms with Crippen LogP contribution >= 0.6 is 0 Å². The first-order valence-electron chi connectivity index (χ1n) is 5.08. The van der Waals surface area contributed by atoms with E-state index in [4.69, 9.17) is 4.74 Å². The Morgan fingerprint density at radius 2 is 1.50 bits per heavy atom. The van der Waals surface area contributed by atoms with Gasteiger partial charge in [-0.2, -0.15) is 0 Å². The van der Waals surface area contributed by atoms with Crippen molar-refractivity contribution < 1.29 is 4.74 Å². The minimum absolute atomic E-state index is 0.220. The molecule has 1 rings (SSSR count). The molecule has 0 aliphatic rings. The molecule has 0 spiro atoms. The van der Waals surface area contributed by atoms with Crippen LogP contribution in [0.2, 0.25) is 0 Å². The van der Waals surface area contributed by atoms with E-state index in [1.165, 1.54) is 11.1 Å². The predicted octanol–water partition coefficient (Wildman–Crippen LogP) is 3.73. The summed E-state index contributed by atoms with van der Waals surface area (Å²) in [6.07, 6.45) is 0. The van der Waals surface area contributed by atoms with Gasteiger partial charge in [0.1, 0.15) is 5.75 Å². The lowest BCUT2D eigenvalue weighted by Gasteiger charge is -2.19. The number of aryl methyl sites for hydroxylation is 2. The van der Waals surface area contributed by atoms with E-state index in [-0.39, 0.29) is 5.41 Å². The Morgan fingerprint density at radius 1 is 1.00 bits per heavy atom. The van der Waals surface area contributed by atoms with Crippen molar-refractivity contribution in [3.8, 4) is 5.75 Å². The molecule has 0 aliphatic heterocycles. The standard InChI is InChI=1S/C13H20O/c1-10-6-11(2)8-12(7-10)14-9-13(3,4)5/h6-8H,9H2,1-5H3. The third kappa shape index (κ3) is 3.82. The summed E-state index contributed by atoms with van der Waals surface area (Å²) in [6.45, 7) is 11.5. The zero-order valence-corrected chi connectivity index (χ0v) is 9.85. The zero-order valence-electron chi connectivity index (χ0n) is 9.85. The van der Waals surface area contributed by atoms with Crippen LogP contribution in [-0.2, 0) is 0 Å².